The smallest absolute Gasteiger partial charge is 0.191 e. The maximum atomic E-state index is 6.25. The topological polar surface area (TPSA) is 30.7 Å². The van der Waals surface area contributed by atoms with Crippen molar-refractivity contribution in [3.63, 3.8) is 0 Å². The highest BCUT2D eigenvalue weighted by molar-refractivity contribution is 7.98. The van der Waals surface area contributed by atoms with Crippen molar-refractivity contribution < 1.29 is 0 Å². The van der Waals surface area contributed by atoms with Gasteiger partial charge in [0, 0.05) is 28.3 Å². The first-order valence-electron chi connectivity index (χ1n) is 7.80. The number of hydrogen-bond acceptors (Lipinski definition) is 3. The van der Waals surface area contributed by atoms with Gasteiger partial charge in [-0.1, -0.05) is 59.9 Å². The van der Waals surface area contributed by atoms with Crippen LogP contribution in [-0.4, -0.2) is 14.8 Å². The Balaban J connectivity index is 1.81. The van der Waals surface area contributed by atoms with E-state index in [1.807, 2.05) is 24.3 Å². The lowest BCUT2D eigenvalue weighted by atomic mass is 10.1. The highest BCUT2D eigenvalue weighted by atomic mass is 35.5. The first-order valence-corrected chi connectivity index (χ1v) is 9.54. The van der Waals surface area contributed by atoms with E-state index >= 15 is 0 Å². The van der Waals surface area contributed by atoms with E-state index in [9.17, 15) is 0 Å². The van der Waals surface area contributed by atoms with Crippen LogP contribution in [0, 0.1) is 0 Å². The summed E-state index contributed by atoms with van der Waals surface area (Å²) in [5, 5.41) is 11.1. The van der Waals surface area contributed by atoms with Gasteiger partial charge in [-0.3, -0.25) is 0 Å². The van der Waals surface area contributed by atoms with Crippen LogP contribution in [0.4, 0.5) is 0 Å². The molecule has 0 N–H and O–H groups in total. The van der Waals surface area contributed by atoms with E-state index in [1.165, 1.54) is 25.7 Å². The van der Waals surface area contributed by atoms with Gasteiger partial charge in [0.25, 0.3) is 0 Å². The number of thioether (sulfide) groups is 1. The molecule has 0 radical (unpaired) electrons. The van der Waals surface area contributed by atoms with Crippen LogP contribution < -0.4 is 0 Å². The number of aromatic nitrogens is 3. The number of halogens is 2. The molecule has 3 rings (SSSR count). The number of allylic oxidation sites excluding steroid dienone is 1. The van der Waals surface area contributed by atoms with Crippen molar-refractivity contribution in [2.45, 2.75) is 49.1 Å². The SMILES string of the molecule is C=CCn1c(SCc2c(Cl)cccc2Cl)nnc1C1CCCC1. The molecule has 122 valence electrons. The highest BCUT2D eigenvalue weighted by Gasteiger charge is 2.24. The number of benzene rings is 1. The lowest BCUT2D eigenvalue weighted by Gasteiger charge is -2.12. The van der Waals surface area contributed by atoms with Crippen molar-refractivity contribution in [2.75, 3.05) is 0 Å². The fourth-order valence-electron chi connectivity index (χ4n) is 3.00. The Morgan fingerprint density at radius 1 is 1.22 bits per heavy atom. The summed E-state index contributed by atoms with van der Waals surface area (Å²) in [6.45, 7) is 4.60. The summed E-state index contributed by atoms with van der Waals surface area (Å²) in [6, 6.07) is 5.58. The molecule has 0 unspecified atom stereocenters. The number of hydrogen-bond donors (Lipinski definition) is 0. The van der Waals surface area contributed by atoms with Crippen LogP contribution in [0.15, 0.2) is 36.0 Å². The van der Waals surface area contributed by atoms with Crippen molar-refractivity contribution in [3.05, 3.63) is 52.3 Å². The Bertz CT molecular complexity index is 673. The molecule has 2 aromatic rings. The first kappa shape index (κ1) is 16.9. The van der Waals surface area contributed by atoms with Gasteiger partial charge in [0.15, 0.2) is 5.16 Å². The zero-order valence-corrected chi connectivity index (χ0v) is 15.2. The fourth-order valence-corrected chi connectivity index (χ4v) is 4.70. The standard InChI is InChI=1S/C17H19Cl2N3S/c1-2-10-22-16(12-6-3-4-7-12)20-21-17(22)23-11-13-14(18)8-5-9-15(13)19/h2,5,8-9,12H,1,3-4,6-7,10-11H2. The third kappa shape index (κ3) is 3.76. The van der Waals surface area contributed by atoms with Gasteiger partial charge < -0.3 is 4.57 Å². The molecule has 1 aliphatic rings. The van der Waals surface area contributed by atoms with Crippen LogP contribution in [-0.2, 0) is 12.3 Å². The van der Waals surface area contributed by atoms with E-state index in [-0.39, 0.29) is 0 Å². The second kappa shape index (κ2) is 7.73. The van der Waals surface area contributed by atoms with E-state index in [1.54, 1.807) is 11.8 Å². The molecule has 0 aliphatic heterocycles. The molecular formula is C17H19Cl2N3S. The minimum Gasteiger partial charge on any atom is -0.302 e. The van der Waals surface area contributed by atoms with Gasteiger partial charge in [0.05, 0.1) is 0 Å². The van der Waals surface area contributed by atoms with E-state index in [4.69, 9.17) is 23.2 Å². The molecule has 1 fully saturated rings. The van der Waals surface area contributed by atoms with Crippen LogP contribution in [0.5, 0.6) is 0 Å². The third-order valence-electron chi connectivity index (χ3n) is 4.18. The normalized spacial score (nSPS) is 15.2. The van der Waals surface area contributed by atoms with Gasteiger partial charge >= 0.3 is 0 Å². The number of rotatable bonds is 6. The molecule has 0 amide bonds. The summed E-state index contributed by atoms with van der Waals surface area (Å²) in [5.41, 5.74) is 0.941. The largest absolute Gasteiger partial charge is 0.302 e. The van der Waals surface area contributed by atoms with Gasteiger partial charge in [0.2, 0.25) is 0 Å². The van der Waals surface area contributed by atoms with Gasteiger partial charge in [-0.05, 0) is 30.5 Å². The quantitative estimate of drug-likeness (QED) is 0.483. The van der Waals surface area contributed by atoms with Gasteiger partial charge in [-0.25, -0.2) is 0 Å². The van der Waals surface area contributed by atoms with Crippen LogP contribution in [0.1, 0.15) is 43.0 Å². The molecule has 3 nitrogen and oxygen atoms in total. The average molecular weight is 368 g/mol. The molecule has 6 heteroatoms. The summed E-state index contributed by atoms with van der Waals surface area (Å²) in [7, 11) is 0. The zero-order chi connectivity index (χ0) is 16.2. The maximum Gasteiger partial charge on any atom is 0.191 e. The van der Waals surface area contributed by atoms with Crippen LogP contribution >= 0.6 is 35.0 Å². The average Bonchev–Trinajstić information content (AvgIpc) is 3.17. The summed E-state index contributed by atoms with van der Waals surface area (Å²) >= 11 is 14.1. The zero-order valence-electron chi connectivity index (χ0n) is 12.8. The molecule has 0 atom stereocenters. The van der Waals surface area contributed by atoms with Crippen molar-refractivity contribution in [1.82, 2.24) is 14.8 Å². The van der Waals surface area contributed by atoms with Gasteiger partial charge in [0.1, 0.15) is 5.82 Å². The van der Waals surface area contributed by atoms with Crippen molar-refractivity contribution >= 4 is 35.0 Å². The summed E-state index contributed by atoms with van der Waals surface area (Å²) in [4.78, 5) is 0. The maximum absolute atomic E-state index is 6.25. The van der Waals surface area contributed by atoms with E-state index in [0.717, 1.165) is 23.1 Å². The van der Waals surface area contributed by atoms with Crippen LogP contribution in [0.25, 0.3) is 0 Å². The molecule has 23 heavy (non-hydrogen) atoms. The second-order valence-corrected chi connectivity index (χ2v) is 7.47. The summed E-state index contributed by atoms with van der Waals surface area (Å²) in [6.07, 6.45) is 6.87. The molecule has 1 heterocycles. The van der Waals surface area contributed by atoms with Gasteiger partial charge in [-0.15, -0.1) is 16.8 Å². The Hall–Kier alpha value is -0.970. The van der Waals surface area contributed by atoms with Crippen molar-refractivity contribution in [2.24, 2.45) is 0 Å². The highest BCUT2D eigenvalue weighted by Crippen LogP contribution is 2.36. The van der Waals surface area contributed by atoms with Crippen LogP contribution in [0.3, 0.4) is 0 Å². The Labute approximate surface area is 151 Å². The van der Waals surface area contributed by atoms with Crippen LogP contribution in [0.2, 0.25) is 10.0 Å². The molecule has 1 aromatic carbocycles. The van der Waals surface area contributed by atoms with Crippen molar-refractivity contribution in [1.29, 1.82) is 0 Å². The predicted octanol–water partition coefficient (Wildman–Crippen LogP) is 5.72. The lowest BCUT2D eigenvalue weighted by Crippen LogP contribution is -2.07. The molecule has 0 saturated heterocycles. The molecular weight excluding hydrogens is 349 g/mol. The first-order chi connectivity index (χ1) is 11.2. The minimum absolute atomic E-state index is 0.528. The molecule has 1 aliphatic carbocycles. The molecule has 0 spiro atoms. The Kier molecular flexibility index (Phi) is 5.67. The monoisotopic (exact) mass is 367 g/mol. The minimum atomic E-state index is 0.528. The third-order valence-corrected chi connectivity index (χ3v) is 5.89. The summed E-state index contributed by atoms with van der Waals surface area (Å²) < 4.78 is 2.18. The summed E-state index contributed by atoms with van der Waals surface area (Å²) in [5.74, 6) is 2.30. The van der Waals surface area contributed by atoms with Gasteiger partial charge in [-0.2, -0.15) is 0 Å². The van der Waals surface area contributed by atoms with E-state index in [0.29, 0.717) is 21.7 Å². The molecule has 1 saturated carbocycles. The Morgan fingerprint density at radius 2 is 1.91 bits per heavy atom. The van der Waals surface area contributed by atoms with Crippen molar-refractivity contribution in [3.8, 4) is 0 Å². The predicted molar refractivity (Wildman–Crippen MR) is 97.5 cm³/mol. The Morgan fingerprint density at radius 3 is 2.57 bits per heavy atom. The fraction of sp³-hybridized carbons (Fsp3) is 0.412. The second-order valence-electron chi connectivity index (χ2n) is 5.71. The molecule has 0 bridgehead atoms. The number of nitrogens with zero attached hydrogens (tertiary/aromatic N) is 3. The van der Waals surface area contributed by atoms with E-state index in [2.05, 4.69) is 21.3 Å². The molecule has 1 aromatic heterocycles. The lowest BCUT2D eigenvalue weighted by molar-refractivity contribution is 0.594. The van der Waals surface area contributed by atoms with E-state index < -0.39 is 0 Å².